The molecule has 0 aliphatic carbocycles. The van der Waals surface area contributed by atoms with E-state index in [1.54, 1.807) is 6.07 Å². The van der Waals surface area contributed by atoms with E-state index in [-0.39, 0.29) is 16.7 Å². The molecule has 2 rings (SSSR count). The number of phenols is 1. The highest BCUT2D eigenvalue weighted by molar-refractivity contribution is 6.32. The minimum Gasteiger partial charge on any atom is -0.506 e. The lowest BCUT2D eigenvalue weighted by molar-refractivity contribution is 0.0950. The Balaban J connectivity index is 1.81. The molecule has 1 aromatic rings. The monoisotopic (exact) mass is 269 g/mol. The SMILES string of the molecule is O=C(NCCC1CCOC1)c1ccc(O)c(Cl)c1. The van der Waals surface area contributed by atoms with E-state index in [2.05, 4.69) is 5.32 Å². The van der Waals surface area contributed by atoms with E-state index >= 15 is 0 Å². The average Bonchev–Trinajstić information content (AvgIpc) is 2.85. The average molecular weight is 270 g/mol. The van der Waals surface area contributed by atoms with Crippen molar-refractivity contribution < 1.29 is 14.6 Å². The molecule has 18 heavy (non-hydrogen) atoms. The van der Waals surface area contributed by atoms with Gasteiger partial charge in [-0.1, -0.05) is 11.6 Å². The summed E-state index contributed by atoms with van der Waals surface area (Å²) in [6.07, 6.45) is 2.00. The second-order valence-electron chi connectivity index (χ2n) is 4.44. The second kappa shape index (κ2) is 6.07. The van der Waals surface area contributed by atoms with Gasteiger partial charge in [-0.2, -0.15) is 0 Å². The molecule has 98 valence electrons. The maximum Gasteiger partial charge on any atom is 0.251 e. The third-order valence-corrected chi connectivity index (χ3v) is 3.37. The summed E-state index contributed by atoms with van der Waals surface area (Å²) < 4.78 is 5.27. The van der Waals surface area contributed by atoms with Crippen LogP contribution in [0.15, 0.2) is 18.2 Å². The van der Waals surface area contributed by atoms with Crippen molar-refractivity contribution in [1.82, 2.24) is 5.32 Å². The first-order valence-corrected chi connectivity index (χ1v) is 6.39. The molecule has 0 aromatic heterocycles. The highest BCUT2D eigenvalue weighted by Crippen LogP contribution is 2.23. The number of phenolic OH excluding ortho intramolecular Hbond substituents is 1. The van der Waals surface area contributed by atoms with Crippen molar-refractivity contribution in [3.8, 4) is 5.75 Å². The third-order valence-electron chi connectivity index (χ3n) is 3.07. The lowest BCUT2D eigenvalue weighted by atomic mass is 10.1. The van der Waals surface area contributed by atoms with E-state index in [1.807, 2.05) is 0 Å². The lowest BCUT2D eigenvalue weighted by Gasteiger charge is -2.09. The normalized spacial score (nSPS) is 18.8. The summed E-state index contributed by atoms with van der Waals surface area (Å²) >= 11 is 5.75. The molecule has 1 amide bonds. The minimum atomic E-state index is -0.171. The number of ether oxygens (including phenoxy) is 1. The Kier molecular flexibility index (Phi) is 4.44. The van der Waals surface area contributed by atoms with Crippen molar-refractivity contribution in [3.05, 3.63) is 28.8 Å². The predicted molar refractivity (Wildman–Crippen MR) is 69.0 cm³/mol. The molecule has 1 unspecified atom stereocenters. The molecule has 4 nitrogen and oxygen atoms in total. The van der Waals surface area contributed by atoms with Crippen molar-refractivity contribution in [2.75, 3.05) is 19.8 Å². The summed E-state index contributed by atoms with van der Waals surface area (Å²) in [6.45, 7) is 2.25. The first kappa shape index (κ1) is 13.2. The van der Waals surface area contributed by atoms with E-state index in [1.165, 1.54) is 12.1 Å². The van der Waals surface area contributed by atoms with Crippen molar-refractivity contribution in [1.29, 1.82) is 0 Å². The van der Waals surface area contributed by atoms with Gasteiger partial charge < -0.3 is 15.2 Å². The van der Waals surface area contributed by atoms with Crippen LogP contribution in [0.2, 0.25) is 5.02 Å². The van der Waals surface area contributed by atoms with E-state index in [4.69, 9.17) is 16.3 Å². The summed E-state index contributed by atoms with van der Waals surface area (Å²) in [5.74, 6) is 0.362. The number of amides is 1. The maximum atomic E-state index is 11.8. The van der Waals surface area contributed by atoms with Crippen LogP contribution in [0.3, 0.4) is 0 Å². The van der Waals surface area contributed by atoms with Gasteiger partial charge in [-0.3, -0.25) is 4.79 Å². The van der Waals surface area contributed by atoms with Gasteiger partial charge in [0, 0.05) is 25.3 Å². The van der Waals surface area contributed by atoms with Crippen LogP contribution in [-0.4, -0.2) is 30.8 Å². The van der Waals surface area contributed by atoms with Gasteiger partial charge in [-0.05, 0) is 37.0 Å². The minimum absolute atomic E-state index is 0.0173. The molecule has 1 saturated heterocycles. The Bertz CT molecular complexity index is 430. The van der Waals surface area contributed by atoms with Gasteiger partial charge in [0.2, 0.25) is 0 Å². The molecule has 0 spiro atoms. The molecule has 1 fully saturated rings. The Labute approximate surface area is 111 Å². The number of benzene rings is 1. The summed E-state index contributed by atoms with van der Waals surface area (Å²) in [6, 6.07) is 4.43. The fourth-order valence-electron chi connectivity index (χ4n) is 1.95. The Morgan fingerprint density at radius 1 is 1.56 bits per heavy atom. The van der Waals surface area contributed by atoms with Gasteiger partial charge in [-0.25, -0.2) is 0 Å². The van der Waals surface area contributed by atoms with Crippen LogP contribution in [0.1, 0.15) is 23.2 Å². The number of hydrogen-bond donors (Lipinski definition) is 2. The Morgan fingerprint density at radius 3 is 3.06 bits per heavy atom. The van der Waals surface area contributed by atoms with Crippen molar-refractivity contribution in [2.45, 2.75) is 12.8 Å². The number of hydrogen-bond acceptors (Lipinski definition) is 3. The van der Waals surface area contributed by atoms with Gasteiger partial charge in [0.15, 0.2) is 0 Å². The van der Waals surface area contributed by atoms with Gasteiger partial charge in [-0.15, -0.1) is 0 Å². The highest BCUT2D eigenvalue weighted by atomic mass is 35.5. The van der Waals surface area contributed by atoms with Crippen LogP contribution >= 0.6 is 11.6 Å². The molecular weight excluding hydrogens is 254 g/mol. The van der Waals surface area contributed by atoms with E-state index in [0.29, 0.717) is 18.0 Å². The van der Waals surface area contributed by atoms with Crippen LogP contribution in [0.5, 0.6) is 5.75 Å². The number of carbonyl (C=O) groups excluding carboxylic acids is 1. The summed E-state index contributed by atoms with van der Waals surface area (Å²) in [5.41, 5.74) is 0.459. The van der Waals surface area contributed by atoms with E-state index in [9.17, 15) is 9.90 Å². The summed E-state index contributed by atoms with van der Waals surface area (Å²) in [4.78, 5) is 11.8. The standard InChI is InChI=1S/C13H16ClNO3/c14-11-7-10(1-2-12(11)16)13(17)15-5-3-9-4-6-18-8-9/h1-2,7,9,16H,3-6,8H2,(H,15,17). The smallest absolute Gasteiger partial charge is 0.251 e. The first-order chi connectivity index (χ1) is 8.66. The summed E-state index contributed by atoms with van der Waals surface area (Å²) in [5, 5.41) is 12.3. The zero-order valence-electron chi connectivity index (χ0n) is 9.99. The molecular formula is C13H16ClNO3. The van der Waals surface area contributed by atoms with Gasteiger partial charge in [0.25, 0.3) is 5.91 Å². The van der Waals surface area contributed by atoms with Crippen LogP contribution < -0.4 is 5.32 Å². The fourth-order valence-corrected chi connectivity index (χ4v) is 2.13. The first-order valence-electron chi connectivity index (χ1n) is 6.01. The van der Waals surface area contributed by atoms with Gasteiger partial charge in [0.05, 0.1) is 5.02 Å². The highest BCUT2D eigenvalue weighted by Gasteiger charge is 2.15. The van der Waals surface area contributed by atoms with Crippen molar-refractivity contribution in [3.63, 3.8) is 0 Å². The van der Waals surface area contributed by atoms with Gasteiger partial charge in [0.1, 0.15) is 5.75 Å². The van der Waals surface area contributed by atoms with E-state index < -0.39 is 0 Å². The van der Waals surface area contributed by atoms with Gasteiger partial charge >= 0.3 is 0 Å². The zero-order chi connectivity index (χ0) is 13.0. The number of halogens is 1. The van der Waals surface area contributed by atoms with Crippen LogP contribution in [-0.2, 0) is 4.74 Å². The van der Waals surface area contributed by atoms with Crippen LogP contribution in [0.4, 0.5) is 0 Å². The molecule has 0 bridgehead atoms. The molecule has 1 atom stereocenters. The molecule has 1 heterocycles. The molecule has 0 radical (unpaired) electrons. The Hall–Kier alpha value is -1.26. The zero-order valence-corrected chi connectivity index (χ0v) is 10.7. The van der Waals surface area contributed by atoms with Crippen molar-refractivity contribution >= 4 is 17.5 Å². The van der Waals surface area contributed by atoms with E-state index in [0.717, 1.165) is 26.1 Å². The third kappa shape index (κ3) is 3.37. The number of rotatable bonds is 4. The predicted octanol–water partition coefficient (Wildman–Crippen LogP) is 2.20. The number of nitrogens with one attached hydrogen (secondary N) is 1. The lowest BCUT2D eigenvalue weighted by Crippen LogP contribution is -2.26. The summed E-state index contributed by atoms with van der Waals surface area (Å²) in [7, 11) is 0. The maximum absolute atomic E-state index is 11.8. The number of carbonyl (C=O) groups is 1. The molecule has 0 saturated carbocycles. The molecule has 1 aromatic carbocycles. The number of aromatic hydroxyl groups is 1. The molecule has 1 aliphatic heterocycles. The molecule has 2 N–H and O–H groups in total. The van der Waals surface area contributed by atoms with Crippen LogP contribution in [0, 0.1) is 5.92 Å². The second-order valence-corrected chi connectivity index (χ2v) is 4.85. The Morgan fingerprint density at radius 2 is 2.39 bits per heavy atom. The molecule has 5 heteroatoms. The van der Waals surface area contributed by atoms with Crippen LogP contribution in [0.25, 0.3) is 0 Å². The van der Waals surface area contributed by atoms with Crippen molar-refractivity contribution in [2.24, 2.45) is 5.92 Å². The molecule has 1 aliphatic rings. The topological polar surface area (TPSA) is 58.6 Å². The quantitative estimate of drug-likeness (QED) is 0.881. The largest absolute Gasteiger partial charge is 0.506 e. The fraction of sp³-hybridized carbons (Fsp3) is 0.462.